The van der Waals surface area contributed by atoms with Crippen LogP contribution in [-0.4, -0.2) is 26.2 Å². The minimum absolute atomic E-state index is 0.597. The zero-order valence-corrected chi connectivity index (χ0v) is 16.9. The highest BCUT2D eigenvalue weighted by molar-refractivity contribution is 5.69. The first kappa shape index (κ1) is 16.8. The third-order valence-corrected chi connectivity index (χ3v) is 7.19. The van der Waals surface area contributed by atoms with Crippen molar-refractivity contribution in [1.29, 1.82) is 0 Å². The van der Waals surface area contributed by atoms with Crippen molar-refractivity contribution in [3.63, 3.8) is 0 Å². The summed E-state index contributed by atoms with van der Waals surface area (Å²) in [5.74, 6) is 1.84. The predicted octanol–water partition coefficient (Wildman–Crippen LogP) is 5.03. The van der Waals surface area contributed by atoms with E-state index < -0.39 is 5.60 Å². The summed E-state index contributed by atoms with van der Waals surface area (Å²) in [5.41, 5.74) is 6.61. The molecular weight excluding hydrogens is 372 g/mol. The summed E-state index contributed by atoms with van der Waals surface area (Å²) >= 11 is 0. The van der Waals surface area contributed by atoms with Crippen molar-refractivity contribution in [3.8, 4) is 11.5 Å². The van der Waals surface area contributed by atoms with E-state index in [1.165, 1.54) is 35.3 Å². The van der Waals surface area contributed by atoms with Gasteiger partial charge in [-0.15, -0.1) is 0 Å². The van der Waals surface area contributed by atoms with E-state index in [1.807, 2.05) is 0 Å². The summed E-state index contributed by atoms with van der Waals surface area (Å²) in [5, 5.41) is 0. The number of nitrogens with zero attached hydrogens (tertiary/aromatic N) is 2. The number of anilines is 2. The number of benzene rings is 3. The summed E-state index contributed by atoms with van der Waals surface area (Å²) in [7, 11) is 0. The highest BCUT2D eigenvalue weighted by atomic mass is 16.5. The van der Waals surface area contributed by atoms with Gasteiger partial charge in [-0.3, -0.25) is 0 Å². The Morgan fingerprint density at radius 2 is 1.27 bits per heavy atom. The van der Waals surface area contributed by atoms with E-state index in [4.69, 9.17) is 9.47 Å². The maximum Gasteiger partial charge on any atom is 0.151 e. The van der Waals surface area contributed by atoms with E-state index in [2.05, 4.69) is 70.5 Å². The van der Waals surface area contributed by atoms with E-state index in [-0.39, 0.29) is 0 Å². The highest BCUT2D eigenvalue weighted by Gasteiger charge is 2.49. The molecule has 30 heavy (non-hydrogen) atoms. The first-order chi connectivity index (χ1) is 14.8. The van der Waals surface area contributed by atoms with Crippen LogP contribution in [0.25, 0.3) is 0 Å². The minimum atomic E-state index is -0.597. The molecular formula is C26H24N2O2. The van der Waals surface area contributed by atoms with Crippen molar-refractivity contribution in [1.82, 2.24) is 0 Å². The van der Waals surface area contributed by atoms with Crippen molar-refractivity contribution < 1.29 is 9.47 Å². The van der Waals surface area contributed by atoms with Crippen LogP contribution < -0.4 is 14.5 Å². The Kier molecular flexibility index (Phi) is 3.37. The predicted molar refractivity (Wildman–Crippen MR) is 118 cm³/mol. The van der Waals surface area contributed by atoms with Gasteiger partial charge < -0.3 is 19.3 Å². The molecule has 3 aromatic carbocycles. The molecule has 150 valence electrons. The SMILES string of the molecule is c1ccc2c(c1)COC21c2ccc(N3CCC3)cc2Oc2cc(N3CCC3)ccc21. The van der Waals surface area contributed by atoms with Gasteiger partial charge in [-0.2, -0.15) is 0 Å². The molecule has 4 nitrogen and oxygen atoms in total. The Labute approximate surface area is 176 Å². The van der Waals surface area contributed by atoms with Crippen molar-refractivity contribution >= 4 is 11.4 Å². The zero-order chi connectivity index (χ0) is 19.7. The number of hydrogen-bond acceptors (Lipinski definition) is 4. The lowest BCUT2D eigenvalue weighted by atomic mass is 9.77. The Hall–Kier alpha value is -2.98. The number of rotatable bonds is 2. The third kappa shape index (κ3) is 2.15. The fourth-order valence-electron chi connectivity index (χ4n) is 5.28. The molecule has 0 aliphatic carbocycles. The summed E-state index contributed by atoms with van der Waals surface area (Å²) in [6.45, 7) is 5.12. The Morgan fingerprint density at radius 1 is 0.667 bits per heavy atom. The Bertz CT molecular complexity index is 1100. The third-order valence-electron chi connectivity index (χ3n) is 7.19. The molecule has 2 saturated heterocycles. The molecule has 0 aromatic heterocycles. The molecule has 3 aromatic rings. The van der Waals surface area contributed by atoms with E-state index >= 15 is 0 Å². The molecule has 0 unspecified atom stereocenters. The summed E-state index contributed by atoms with van der Waals surface area (Å²) < 4.78 is 13.2. The van der Waals surface area contributed by atoms with Crippen LogP contribution in [0.4, 0.5) is 11.4 Å². The molecule has 0 amide bonds. The lowest BCUT2D eigenvalue weighted by Gasteiger charge is -2.40. The van der Waals surface area contributed by atoms with Crippen molar-refractivity contribution in [2.75, 3.05) is 36.0 Å². The van der Waals surface area contributed by atoms with E-state index in [9.17, 15) is 0 Å². The topological polar surface area (TPSA) is 24.9 Å². The van der Waals surface area contributed by atoms with Gasteiger partial charge in [0.1, 0.15) is 11.5 Å². The monoisotopic (exact) mass is 396 g/mol. The van der Waals surface area contributed by atoms with Gasteiger partial charge in [-0.05, 0) is 48.2 Å². The first-order valence-electron chi connectivity index (χ1n) is 11.0. The van der Waals surface area contributed by atoms with Gasteiger partial charge in [0.15, 0.2) is 5.60 Å². The molecule has 1 spiro atoms. The smallest absolute Gasteiger partial charge is 0.151 e. The van der Waals surface area contributed by atoms with Crippen LogP contribution >= 0.6 is 0 Å². The summed E-state index contributed by atoms with van der Waals surface area (Å²) in [6, 6.07) is 21.9. The van der Waals surface area contributed by atoms with Gasteiger partial charge in [0.05, 0.1) is 6.61 Å². The van der Waals surface area contributed by atoms with Crippen LogP contribution in [-0.2, 0) is 16.9 Å². The lowest BCUT2D eigenvalue weighted by Crippen LogP contribution is -2.38. The van der Waals surface area contributed by atoms with Gasteiger partial charge in [0.2, 0.25) is 0 Å². The van der Waals surface area contributed by atoms with E-state index in [1.54, 1.807) is 0 Å². The maximum atomic E-state index is 6.68. The molecule has 0 N–H and O–H groups in total. The van der Waals surface area contributed by atoms with Crippen molar-refractivity contribution in [2.45, 2.75) is 25.0 Å². The minimum Gasteiger partial charge on any atom is -0.456 e. The molecule has 2 fully saturated rings. The molecule has 4 aliphatic rings. The van der Waals surface area contributed by atoms with E-state index in [0.29, 0.717) is 6.61 Å². The van der Waals surface area contributed by atoms with Gasteiger partial charge in [-0.1, -0.05) is 24.3 Å². The van der Waals surface area contributed by atoms with Gasteiger partial charge >= 0.3 is 0 Å². The standard InChI is InChI=1S/C26H24N2O2/c1-2-6-21-18(5-1)17-29-26(21)22-9-7-19(27-11-3-12-27)15-24(22)30-25-16-20(8-10-23(25)26)28-13-4-14-28/h1-2,5-10,15-16H,3-4,11-14,17H2. The lowest BCUT2D eigenvalue weighted by molar-refractivity contribution is 0.0200. The fraction of sp³-hybridized carbons (Fsp3) is 0.308. The van der Waals surface area contributed by atoms with Crippen LogP contribution in [0.2, 0.25) is 0 Å². The van der Waals surface area contributed by atoms with Crippen molar-refractivity contribution in [2.24, 2.45) is 0 Å². The highest BCUT2D eigenvalue weighted by Crippen LogP contribution is 2.57. The zero-order valence-electron chi connectivity index (χ0n) is 16.9. The Morgan fingerprint density at radius 3 is 1.83 bits per heavy atom. The molecule has 0 radical (unpaired) electrons. The molecule has 4 aliphatic heterocycles. The number of ether oxygens (including phenoxy) is 2. The van der Waals surface area contributed by atoms with Crippen LogP contribution in [0.15, 0.2) is 60.7 Å². The quantitative estimate of drug-likeness (QED) is 0.606. The van der Waals surface area contributed by atoms with Crippen molar-refractivity contribution in [3.05, 3.63) is 82.9 Å². The molecule has 0 saturated carbocycles. The summed E-state index contributed by atoms with van der Waals surface area (Å²) in [4.78, 5) is 4.82. The molecule has 4 heteroatoms. The molecule has 0 bridgehead atoms. The normalized spacial score (nSPS) is 20.0. The van der Waals surface area contributed by atoms with Gasteiger partial charge in [0.25, 0.3) is 0 Å². The molecule has 7 rings (SSSR count). The number of fused-ring (bicyclic) bond motifs is 6. The Balaban J connectivity index is 1.45. The molecule has 0 atom stereocenters. The summed E-state index contributed by atoms with van der Waals surface area (Å²) in [6.07, 6.45) is 2.53. The fourth-order valence-corrected chi connectivity index (χ4v) is 5.28. The second-order valence-electron chi connectivity index (χ2n) is 8.77. The maximum absolute atomic E-state index is 6.68. The largest absolute Gasteiger partial charge is 0.456 e. The van der Waals surface area contributed by atoms with E-state index in [0.717, 1.165) is 48.8 Å². The van der Waals surface area contributed by atoms with Crippen LogP contribution in [0.3, 0.4) is 0 Å². The molecule has 4 heterocycles. The second kappa shape index (κ2) is 6.02. The van der Waals surface area contributed by atoms with Crippen LogP contribution in [0, 0.1) is 0 Å². The van der Waals surface area contributed by atoms with Crippen LogP contribution in [0.1, 0.15) is 35.1 Å². The first-order valence-corrected chi connectivity index (χ1v) is 11.0. The average Bonchev–Trinajstić information content (AvgIpc) is 3.06. The second-order valence-corrected chi connectivity index (χ2v) is 8.77. The van der Waals surface area contributed by atoms with Gasteiger partial charge in [-0.25, -0.2) is 0 Å². The number of hydrogen-bond donors (Lipinski definition) is 0. The average molecular weight is 396 g/mol. The van der Waals surface area contributed by atoms with Gasteiger partial charge in [0, 0.05) is 60.8 Å². The van der Waals surface area contributed by atoms with Crippen LogP contribution in [0.5, 0.6) is 11.5 Å².